The number of nitro benzene ring substituents is 1. The fraction of sp³-hybridized carbons (Fsp3) is 0.350. The summed E-state index contributed by atoms with van der Waals surface area (Å²) in [6, 6.07) is 9.13. The summed E-state index contributed by atoms with van der Waals surface area (Å²) >= 11 is 0. The van der Waals surface area contributed by atoms with E-state index in [4.69, 9.17) is 0 Å². The molecule has 7 nitrogen and oxygen atoms in total. The fourth-order valence-corrected chi connectivity index (χ4v) is 3.37. The number of anilines is 1. The van der Waals surface area contributed by atoms with E-state index in [2.05, 4.69) is 10.2 Å². The normalized spacial score (nSPS) is 15.8. The molecule has 1 aliphatic rings. The Hall–Kier alpha value is -3.07. The highest BCUT2D eigenvalue weighted by atomic mass is 19.1. The van der Waals surface area contributed by atoms with Gasteiger partial charge in [0.25, 0.3) is 5.69 Å². The van der Waals surface area contributed by atoms with Crippen LogP contribution in [0.4, 0.5) is 20.2 Å². The van der Waals surface area contributed by atoms with Crippen LogP contribution < -0.4 is 10.2 Å². The van der Waals surface area contributed by atoms with E-state index in [-0.39, 0.29) is 23.7 Å². The van der Waals surface area contributed by atoms with Crippen LogP contribution in [-0.2, 0) is 4.79 Å². The van der Waals surface area contributed by atoms with Gasteiger partial charge in [0.15, 0.2) is 0 Å². The summed E-state index contributed by atoms with van der Waals surface area (Å²) in [5.41, 5.74) is 1.19. The second kappa shape index (κ2) is 8.95. The molecule has 0 saturated carbocycles. The van der Waals surface area contributed by atoms with Gasteiger partial charge in [-0.3, -0.25) is 19.8 Å². The van der Waals surface area contributed by atoms with Crippen molar-refractivity contribution in [2.24, 2.45) is 0 Å². The van der Waals surface area contributed by atoms with Crippen molar-refractivity contribution in [2.75, 3.05) is 37.6 Å². The topological polar surface area (TPSA) is 78.7 Å². The van der Waals surface area contributed by atoms with Gasteiger partial charge >= 0.3 is 0 Å². The van der Waals surface area contributed by atoms with Gasteiger partial charge in [0.2, 0.25) is 5.91 Å². The lowest BCUT2D eigenvalue weighted by molar-refractivity contribution is -0.384. The molecule has 1 aliphatic heterocycles. The van der Waals surface area contributed by atoms with Crippen molar-refractivity contribution in [3.8, 4) is 0 Å². The molecule has 0 bridgehead atoms. The number of hydrogen-bond donors (Lipinski definition) is 1. The van der Waals surface area contributed by atoms with E-state index < -0.39 is 22.6 Å². The van der Waals surface area contributed by atoms with Crippen molar-refractivity contribution < 1.29 is 18.5 Å². The summed E-state index contributed by atoms with van der Waals surface area (Å²) in [7, 11) is 0. The van der Waals surface area contributed by atoms with Crippen LogP contribution in [0.2, 0.25) is 0 Å². The van der Waals surface area contributed by atoms with Crippen LogP contribution in [-0.4, -0.2) is 48.5 Å². The number of non-ortho nitro benzene ring substituents is 1. The molecule has 0 radical (unpaired) electrons. The minimum atomic E-state index is -0.686. The third kappa shape index (κ3) is 5.26. The largest absolute Gasteiger partial charge is 0.369 e. The third-order valence-corrected chi connectivity index (χ3v) is 4.97. The first-order chi connectivity index (χ1) is 13.8. The average molecular weight is 404 g/mol. The van der Waals surface area contributed by atoms with Gasteiger partial charge in [-0.15, -0.1) is 0 Å². The van der Waals surface area contributed by atoms with E-state index >= 15 is 0 Å². The summed E-state index contributed by atoms with van der Waals surface area (Å²) in [5, 5.41) is 13.5. The Balaban J connectivity index is 1.48. The Bertz CT molecular complexity index is 884. The zero-order chi connectivity index (χ0) is 21.0. The molecule has 0 unspecified atom stereocenters. The van der Waals surface area contributed by atoms with Gasteiger partial charge in [0.05, 0.1) is 17.5 Å². The van der Waals surface area contributed by atoms with Crippen molar-refractivity contribution in [3.05, 3.63) is 69.8 Å². The number of halogens is 2. The number of carbonyl (C=O) groups excluding carboxylic acids is 1. The molecule has 1 N–H and O–H groups in total. The maximum Gasteiger partial charge on any atom is 0.269 e. The van der Waals surface area contributed by atoms with E-state index in [0.717, 1.165) is 11.8 Å². The minimum absolute atomic E-state index is 0.0516. The van der Waals surface area contributed by atoms with Gasteiger partial charge in [0.1, 0.15) is 11.6 Å². The monoisotopic (exact) mass is 404 g/mol. The Morgan fingerprint density at radius 1 is 1.14 bits per heavy atom. The smallest absolute Gasteiger partial charge is 0.269 e. The molecule has 1 atom stereocenters. The van der Waals surface area contributed by atoms with Crippen molar-refractivity contribution in [3.63, 3.8) is 0 Å². The Morgan fingerprint density at radius 3 is 2.38 bits per heavy atom. The van der Waals surface area contributed by atoms with Crippen molar-refractivity contribution in [1.29, 1.82) is 0 Å². The molecule has 0 aliphatic carbocycles. The van der Waals surface area contributed by atoms with Gasteiger partial charge in [-0.25, -0.2) is 8.78 Å². The second-order valence-electron chi connectivity index (χ2n) is 6.99. The van der Waals surface area contributed by atoms with Crippen molar-refractivity contribution in [2.45, 2.75) is 13.0 Å². The summed E-state index contributed by atoms with van der Waals surface area (Å²) in [6.07, 6.45) is 0. The number of carbonyl (C=O) groups is 1. The number of piperazine rings is 1. The zero-order valence-electron chi connectivity index (χ0n) is 16.0. The first-order valence-electron chi connectivity index (χ1n) is 9.29. The summed E-state index contributed by atoms with van der Waals surface area (Å²) in [4.78, 5) is 26.7. The summed E-state index contributed by atoms with van der Waals surface area (Å²) in [6.45, 7) is 4.52. The van der Waals surface area contributed by atoms with Gasteiger partial charge in [-0.1, -0.05) is 6.07 Å². The van der Waals surface area contributed by atoms with Gasteiger partial charge in [0, 0.05) is 55.6 Å². The molecule has 1 saturated heterocycles. The molecule has 1 heterocycles. The average Bonchev–Trinajstić information content (AvgIpc) is 2.68. The third-order valence-electron chi connectivity index (χ3n) is 4.97. The van der Waals surface area contributed by atoms with Crippen LogP contribution in [0.15, 0.2) is 42.5 Å². The second-order valence-corrected chi connectivity index (χ2v) is 6.99. The molecule has 0 aromatic heterocycles. The molecular weight excluding hydrogens is 382 g/mol. The predicted octanol–water partition coefficient (Wildman–Crippen LogP) is 2.87. The van der Waals surface area contributed by atoms with Crippen LogP contribution in [0.1, 0.15) is 18.5 Å². The molecule has 0 spiro atoms. The molecule has 1 amide bonds. The number of nitro groups is 1. The molecule has 2 aromatic rings. The Kier molecular flexibility index (Phi) is 6.38. The molecular formula is C20H22F2N4O3. The first-order valence-corrected chi connectivity index (χ1v) is 9.29. The number of nitrogens with zero attached hydrogens (tertiary/aromatic N) is 3. The molecule has 3 rings (SSSR count). The predicted molar refractivity (Wildman–Crippen MR) is 105 cm³/mol. The van der Waals surface area contributed by atoms with Crippen LogP contribution in [0.25, 0.3) is 0 Å². The van der Waals surface area contributed by atoms with E-state index in [1.807, 2.05) is 4.90 Å². The zero-order valence-corrected chi connectivity index (χ0v) is 16.0. The van der Waals surface area contributed by atoms with Crippen molar-refractivity contribution >= 4 is 17.3 Å². The maximum atomic E-state index is 13.8. The number of rotatable bonds is 6. The van der Waals surface area contributed by atoms with Crippen LogP contribution in [0.3, 0.4) is 0 Å². The number of benzene rings is 2. The summed E-state index contributed by atoms with van der Waals surface area (Å²) < 4.78 is 26.9. The molecule has 154 valence electrons. The van der Waals surface area contributed by atoms with Crippen LogP contribution in [0, 0.1) is 21.7 Å². The first kappa shape index (κ1) is 20.7. The lowest BCUT2D eigenvalue weighted by atomic mass is 10.1. The molecule has 9 heteroatoms. The molecule has 2 aromatic carbocycles. The van der Waals surface area contributed by atoms with Gasteiger partial charge < -0.3 is 10.2 Å². The van der Waals surface area contributed by atoms with Crippen molar-refractivity contribution in [1.82, 2.24) is 10.2 Å². The lowest BCUT2D eigenvalue weighted by Gasteiger charge is -2.35. The standard InChI is InChI=1S/C20H22F2N4O3/c1-14(18-7-2-15(21)12-19(18)22)23-20(27)13-24-8-10-25(11-9-24)16-3-5-17(6-4-16)26(28)29/h2-7,12,14H,8-11,13H2,1H3,(H,23,27)/t14-/m0/s1. The number of amides is 1. The van der Waals surface area contributed by atoms with Gasteiger partial charge in [-0.05, 0) is 25.1 Å². The SMILES string of the molecule is C[C@H](NC(=O)CN1CCN(c2ccc([N+](=O)[O-])cc2)CC1)c1ccc(F)cc1F. The van der Waals surface area contributed by atoms with E-state index in [9.17, 15) is 23.7 Å². The molecule has 1 fully saturated rings. The fourth-order valence-electron chi connectivity index (χ4n) is 3.37. The Labute approximate surface area is 167 Å². The van der Waals surface area contributed by atoms with Crippen LogP contribution >= 0.6 is 0 Å². The maximum absolute atomic E-state index is 13.8. The van der Waals surface area contributed by atoms with E-state index in [1.165, 1.54) is 24.3 Å². The van der Waals surface area contributed by atoms with Gasteiger partial charge in [-0.2, -0.15) is 0 Å². The highest BCUT2D eigenvalue weighted by Crippen LogP contribution is 2.21. The minimum Gasteiger partial charge on any atom is -0.369 e. The highest BCUT2D eigenvalue weighted by Gasteiger charge is 2.21. The number of nitrogens with one attached hydrogen (secondary N) is 1. The van der Waals surface area contributed by atoms with Crippen LogP contribution in [0.5, 0.6) is 0 Å². The van der Waals surface area contributed by atoms with E-state index in [0.29, 0.717) is 26.2 Å². The highest BCUT2D eigenvalue weighted by molar-refractivity contribution is 5.78. The number of hydrogen-bond acceptors (Lipinski definition) is 5. The lowest BCUT2D eigenvalue weighted by Crippen LogP contribution is -2.49. The Morgan fingerprint density at radius 2 is 1.79 bits per heavy atom. The summed E-state index contributed by atoms with van der Waals surface area (Å²) in [5.74, 6) is -1.57. The quantitative estimate of drug-likeness (QED) is 0.592. The molecule has 29 heavy (non-hydrogen) atoms. The van der Waals surface area contributed by atoms with E-state index in [1.54, 1.807) is 19.1 Å².